The van der Waals surface area contributed by atoms with Crippen molar-refractivity contribution in [1.82, 2.24) is 15.1 Å². The molecule has 0 fully saturated rings. The number of thioether (sulfide) groups is 1. The Morgan fingerprint density at radius 3 is 2.65 bits per heavy atom. The average molecular weight is 442 g/mol. The lowest BCUT2D eigenvalue weighted by atomic mass is 10.2. The molecule has 0 unspecified atom stereocenters. The van der Waals surface area contributed by atoms with E-state index in [9.17, 15) is 9.59 Å². The van der Waals surface area contributed by atoms with E-state index in [0.717, 1.165) is 22.8 Å². The first-order valence-electron chi connectivity index (χ1n) is 9.57. The van der Waals surface area contributed by atoms with E-state index >= 15 is 0 Å². The smallest absolute Gasteiger partial charge is 0.257 e. The minimum atomic E-state index is -0.339. The van der Waals surface area contributed by atoms with Crippen LogP contribution in [0.15, 0.2) is 41.0 Å². The van der Waals surface area contributed by atoms with E-state index in [-0.39, 0.29) is 24.9 Å². The zero-order chi connectivity index (χ0) is 21.8. The van der Waals surface area contributed by atoms with Gasteiger partial charge in [0.1, 0.15) is 29.6 Å². The van der Waals surface area contributed by atoms with E-state index in [2.05, 4.69) is 15.7 Å². The molecule has 0 saturated carbocycles. The van der Waals surface area contributed by atoms with Gasteiger partial charge in [0.15, 0.2) is 0 Å². The number of rotatable bonds is 8. The fourth-order valence-electron chi connectivity index (χ4n) is 3.23. The summed E-state index contributed by atoms with van der Waals surface area (Å²) in [6, 6.07) is 8.50. The predicted octanol–water partition coefficient (Wildman–Crippen LogP) is 2.81. The Hall–Kier alpha value is -3.40. The molecule has 2 amide bonds. The third kappa shape index (κ3) is 4.69. The maximum atomic E-state index is 13.0. The van der Waals surface area contributed by atoms with Crippen LogP contribution < -0.4 is 20.1 Å². The van der Waals surface area contributed by atoms with Crippen LogP contribution in [0, 0.1) is 0 Å². The molecule has 4 rings (SSSR count). The fourth-order valence-corrected chi connectivity index (χ4v) is 4.26. The largest absolute Gasteiger partial charge is 0.497 e. The van der Waals surface area contributed by atoms with Crippen LogP contribution in [0.2, 0.25) is 0 Å². The molecule has 1 aliphatic rings. The molecule has 0 atom stereocenters. The lowest BCUT2D eigenvalue weighted by molar-refractivity contribution is -0.122. The van der Waals surface area contributed by atoms with Crippen molar-refractivity contribution >= 4 is 29.4 Å². The molecule has 3 heterocycles. The molecule has 0 radical (unpaired) electrons. The quantitative estimate of drug-likeness (QED) is 0.552. The SMILES string of the molecule is COc1cc(OC)cc(C(=O)Nc2c3c(nn2CC(=O)NCc2ccco2)CSC3)c1. The molecule has 3 aromatic rings. The van der Waals surface area contributed by atoms with Gasteiger partial charge in [0.05, 0.1) is 32.7 Å². The van der Waals surface area contributed by atoms with E-state index in [1.165, 1.54) is 18.9 Å². The third-order valence-corrected chi connectivity index (χ3v) is 5.77. The summed E-state index contributed by atoms with van der Waals surface area (Å²) in [7, 11) is 3.05. The van der Waals surface area contributed by atoms with Gasteiger partial charge in [-0.05, 0) is 24.3 Å². The van der Waals surface area contributed by atoms with E-state index < -0.39 is 0 Å². The number of hydrogen-bond acceptors (Lipinski definition) is 7. The number of methoxy groups -OCH3 is 2. The minimum Gasteiger partial charge on any atom is -0.497 e. The Morgan fingerprint density at radius 1 is 1.19 bits per heavy atom. The zero-order valence-electron chi connectivity index (χ0n) is 17.1. The predicted molar refractivity (Wildman–Crippen MR) is 115 cm³/mol. The fraction of sp³-hybridized carbons (Fsp3) is 0.286. The first kappa shape index (κ1) is 20.9. The highest BCUT2D eigenvalue weighted by molar-refractivity contribution is 7.98. The summed E-state index contributed by atoms with van der Waals surface area (Å²) in [4.78, 5) is 25.4. The first-order valence-corrected chi connectivity index (χ1v) is 10.7. The van der Waals surface area contributed by atoms with Crippen molar-refractivity contribution in [1.29, 1.82) is 0 Å². The zero-order valence-corrected chi connectivity index (χ0v) is 18.0. The Labute approximate surface area is 183 Å². The molecule has 1 aromatic carbocycles. The van der Waals surface area contributed by atoms with E-state index in [4.69, 9.17) is 13.9 Å². The van der Waals surface area contributed by atoms with Gasteiger partial charge in [-0.15, -0.1) is 0 Å². The second-order valence-electron chi connectivity index (χ2n) is 6.84. The van der Waals surface area contributed by atoms with Crippen LogP contribution in [0.25, 0.3) is 0 Å². The number of ether oxygens (including phenoxy) is 2. The summed E-state index contributed by atoms with van der Waals surface area (Å²) < 4.78 is 17.3. The lowest BCUT2D eigenvalue weighted by Crippen LogP contribution is -2.28. The number of benzene rings is 1. The summed E-state index contributed by atoms with van der Waals surface area (Å²) in [5.41, 5.74) is 2.19. The Kier molecular flexibility index (Phi) is 6.17. The summed E-state index contributed by atoms with van der Waals surface area (Å²) in [5.74, 6) is 3.10. The van der Waals surface area contributed by atoms with E-state index in [1.807, 2.05) is 0 Å². The van der Waals surface area contributed by atoms with Gasteiger partial charge in [0, 0.05) is 28.7 Å². The number of carbonyl (C=O) groups excluding carboxylic acids is 2. The highest BCUT2D eigenvalue weighted by Crippen LogP contribution is 2.35. The van der Waals surface area contributed by atoms with Crippen molar-refractivity contribution in [3.63, 3.8) is 0 Å². The van der Waals surface area contributed by atoms with Gasteiger partial charge in [-0.2, -0.15) is 16.9 Å². The van der Waals surface area contributed by atoms with Crippen molar-refractivity contribution < 1.29 is 23.5 Å². The molecule has 1 aliphatic heterocycles. The second kappa shape index (κ2) is 9.17. The molecule has 0 spiro atoms. The molecular weight excluding hydrogens is 420 g/mol. The van der Waals surface area contributed by atoms with E-state index in [1.54, 1.807) is 48.4 Å². The highest BCUT2D eigenvalue weighted by Gasteiger charge is 2.25. The molecule has 2 aromatic heterocycles. The topological polar surface area (TPSA) is 108 Å². The van der Waals surface area contributed by atoms with Gasteiger partial charge in [-0.25, -0.2) is 4.68 Å². The Morgan fingerprint density at radius 2 is 1.97 bits per heavy atom. The maximum absolute atomic E-state index is 13.0. The molecule has 2 N–H and O–H groups in total. The summed E-state index contributed by atoms with van der Waals surface area (Å²) >= 11 is 1.71. The summed E-state index contributed by atoms with van der Waals surface area (Å²) in [6.45, 7) is 0.267. The normalized spacial score (nSPS) is 12.3. The molecule has 0 aliphatic carbocycles. The van der Waals surface area contributed by atoms with Crippen molar-refractivity contribution in [3.8, 4) is 11.5 Å². The average Bonchev–Trinajstić information content (AvgIpc) is 3.52. The van der Waals surface area contributed by atoms with Gasteiger partial charge in [0.2, 0.25) is 5.91 Å². The van der Waals surface area contributed by atoms with Crippen molar-refractivity contribution in [2.24, 2.45) is 0 Å². The number of carbonyl (C=O) groups is 2. The molecule has 162 valence electrons. The van der Waals surface area contributed by atoms with Crippen molar-refractivity contribution in [2.75, 3.05) is 19.5 Å². The van der Waals surface area contributed by atoms with Crippen LogP contribution in [-0.4, -0.2) is 35.8 Å². The van der Waals surface area contributed by atoms with Gasteiger partial charge >= 0.3 is 0 Å². The van der Waals surface area contributed by atoms with Crippen LogP contribution in [0.3, 0.4) is 0 Å². The van der Waals surface area contributed by atoms with Gasteiger partial charge in [-0.3, -0.25) is 9.59 Å². The van der Waals surface area contributed by atoms with Crippen LogP contribution in [-0.2, 0) is 29.4 Å². The van der Waals surface area contributed by atoms with Crippen LogP contribution in [0.4, 0.5) is 5.82 Å². The number of amides is 2. The molecule has 10 heteroatoms. The van der Waals surface area contributed by atoms with Crippen LogP contribution in [0.1, 0.15) is 27.4 Å². The molecule has 0 bridgehead atoms. The molecule has 31 heavy (non-hydrogen) atoms. The molecular formula is C21H22N4O5S. The van der Waals surface area contributed by atoms with Crippen LogP contribution >= 0.6 is 11.8 Å². The van der Waals surface area contributed by atoms with Crippen molar-refractivity contribution in [3.05, 3.63) is 59.2 Å². The third-order valence-electron chi connectivity index (χ3n) is 4.80. The minimum absolute atomic E-state index is 0.0184. The first-order chi connectivity index (χ1) is 15.1. The summed E-state index contributed by atoms with van der Waals surface area (Å²) in [5, 5.41) is 10.3. The van der Waals surface area contributed by atoms with E-state index in [0.29, 0.717) is 28.6 Å². The maximum Gasteiger partial charge on any atom is 0.257 e. The summed E-state index contributed by atoms with van der Waals surface area (Å²) in [6.07, 6.45) is 1.55. The second-order valence-corrected chi connectivity index (χ2v) is 7.82. The number of hydrogen-bond donors (Lipinski definition) is 2. The number of aromatic nitrogens is 2. The Balaban J connectivity index is 1.52. The number of furan rings is 1. The lowest BCUT2D eigenvalue weighted by Gasteiger charge is -2.12. The number of nitrogens with zero attached hydrogens (tertiary/aromatic N) is 2. The van der Waals surface area contributed by atoms with Crippen LogP contribution in [0.5, 0.6) is 11.5 Å². The monoisotopic (exact) mass is 442 g/mol. The van der Waals surface area contributed by atoms with Gasteiger partial charge in [0.25, 0.3) is 5.91 Å². The molecule has 0 saturated heterocycles. The number of nitrogens with one attached hydrogen (secondary N) is 2. The van der Waals surface area contributed by atoms with Gasteiger partial charge < -0.3 is 24.5 Å². The highest BCUT2D eigenvalue weighted by atomic mass is 32.2. The number of anilines is 1. The Bertz CT molecular complexity index is 1070. The van der Waals surface area contributed by atoms with Crippen molar-refractivity contribution in [2.45, 2.75) is 24.6 Å². The van der Waals surface area contributed by atoms with Gasteiger partial charge in [-0.1, -0.05) is 0 Å². The molecule has 9 nitrogen and oxygen atoms in total. The standard InChI is InChI=1S/C21H22N4O5S/c1-28-15-6-13(7-16(8-15)29-2)21(27)23-20-17-11-31-12-18(17)24-25(20)10-19(26)22-9-14-4-3-5-30-14/h3-8H,9-12H2,1-2H3,(H,22,26)(H,23,27). The number of fused-ring (bicyclic) bond motifs is 1.